The number of hydrogen-bond donors (Lipinski definition) is 1. The zero-order valence-electron chi connectivity index (χ0n) is 13.2. The summed E-state index contributed by atoms with van der Waals surface area (Å²) in [5.74, 6) is -1.51. The topological polar surface area (TPSA) is 46.9 Å². The summed E-state index contributed by atoms with van der Waals surface area (Å²) < 4.78 is 29.9. The SMILES string of the molecule is Cn1ccnc1C(NC(=O)c1ccc(Cl)cc1F)c1ccccc1F. The van der Waals surface area contributed by atoms with Crippen LogP contribution in [0.5, 0.6) is 0 Å². The van der Waals surface area contributed by atoms with Crippen LogP contribution in [0.15, 0.2) is 54.9 Å². The summed E-state index contributed by atoms with van der Waals surface area (Å²) in [4.78, 5) is 16.7. The zero-order valence-corrected chi connectivity index (χ0v) is 14.0. The van der Waals surface area contributed by atoms with Crippen LogP contribution in [-0.4, -0.2) is 15.5 Å². The lowest BCUT2D eigenvalue weighted by molar-refractivity contribution is 0.0936. The minimum absolute atomic E-state index is 0.181. The van der Waals surface area contributed by atoms with E-state index in [1.165, 1.54) is 24.4 Å². The first-order valence-electron chi connectivity index (χ1n) is 7.45. The Morgan fingerprint density at radius 1 is 1.20 bits per heavy atom. The lowest BCUT2D eigenvalue weighted by Crippen LogP contribution is -2.32. The largest absolute Gasteiger partial charge is 0.338 e. The number of benzene rings is 2. The molecule has 4 nitrogen and oxygen atoms in total. The van der Waals surface area contributed by atoms with Crippen LogP contribution in [0.3, 0.4) is 0 Å². The normalized spacial score (nSPS) is 12.0. The predicted molar refractivity (Wildman–Crippen MR) is 90.3 cm³/mol. The van der Waals surface area contributed by atoms with Gasteiger partial charge in [-0.05, 0) is 24.3 Å². The van der Waals surface area contributed by atoms with Gasteiger partial charge in [-0.1, -0.05) is 29.8 Å². The summed E-state index contributed by atoms with van der Waals surface area (Å²) in [7, 11) is 1.73. The van der Waals surface area contributed by atoms with Crippen LogP contribution < -0.4 is 5.32 Å². The highest BCUT2D eigenvalue weighted by Crippen LogP contribution is 2.24. The average molecular weight is 362 g/mol. The maximum atomic E-state index is 14.3. The van der Waals surface area contributed by atoms with Crippen molar-refractivity contribution in [3.63, 3.8) is 0 Å². The molecule has 0 saturated carbocycles. The van der Waals surface area contributed by atoms with E-state index in [0.29, 0.717) is 5.82 Å². The van der Waals surface area contributed by atoms with Gasteiger partial charge in [-0.25, -0.2) is 13.8 Å². The molecule has 0 radical (unpaired) electrons. The number of hydrogen-bond acceptors (Lipinski definition) is 2. The summed E-state index contributed by atoms with van der Waals surface area (Å²) in [6.45, 7) is 0. The van der Waals surface area contributed by atoms with Crippen LogP contribution in [0.2, 0.25) is 5.02 Å². The van der Waals surface area contributed by atoms with Gasteiger partial charge in [0.15, 0.2) is 0 Å². The van der Waals surface area contributed by atoms with Crippen molar-refractivity contribution >= 4 is 17.5 Å². The molecule has 1 heterocycles. The number of aryl methyl sites for hydroxylation is 1. The van der Waals surface area contributed by atoms with Crippen molar-refractivity contribution in [1.82, 2.24) is 14.9 Å². The number of imidazole rings is 1. The van der Waals surface area contributed by atoms with Crippen molar-refractivity contribution < 1.29 is 13.6 Å². The van der Waals surface area contributed by atoms with Gasteiger partial charge in [-0.3, -0.25) is 4.79 Å². The Balaban J connectivity index is 2.00. The van der Waals surface area contributed by atoms with E-state index in [1.807, 2.05) is 0 Å². The molecule has 3 aromatic rings. The fourth-order valence-corrected chi connectivity index (χ4v) is 2.69. The fraction of sp³-hybridized carbons (Fsp3) is 0.111. The molecule has 0 aliphatic rings. The Morgan fingerprint density at radius 2 is 1.96 bits per heavy atom. The number of rotatable bonds is 4. The van der Waals surface area contributed by atoms with Crippen molar-refractivity contribution in [2.75, 3.05) is 0 Å². The molecule has 1 amide bonds. The molecule has 0 aliphatic heterocycles. The molecule has 0 bridgehead atoms. The molecule has 1 atom stereocenters. The number of halogens is 3. The number of aromatic nitrogens is 2. The summed E-state index contributed by atoms with van der Waals surface area (Å²) >= 11 is 5.71. The van der Waals surface area contributed by atoms with Crippen LogP contribution in [0.25, 0.3) is 0 Å². The Morgan fingerprint density at radius 3 is 2.60 bits per heavy atom. The third-order valence-corrected chi connectivity index (χ3v) is 4.02. The summed E-state index contributed by atoms with van der Waals surface area (Å²) in [5, 5.41) is 2.83. The van der Waals surface area contributed by atoms with Crippen LogP contribution in [0, 0.1) is 11.6 Å². The molecule has 128 valence electrons. The molecule has 0 saturated heterocycles. The molecule has 1 N–H and O–H groups in total. The number of nitrogens with zero attached hydrogens (tertiary/aromatic N) is 2. The molecular formula is C18H14ClF2N3O. The molecule has 0 aliphatic carbocycles. The second-order valence-electron chi connectivity index (χ2n) is 5.45. The molecule has 1 aromatic heterocycles. The van der Waals surface area contributed by atoms with Gasteiger partial charge >= 0.3 is 0 Å². The lowest BCUT2D eigenvalue weighted by Gasteiger charge is -2.20. The smallest absolute Gasteiger partial charge is 0.255 e. The minimum atomic E-state index is -0.872. The summed E-state index contributed by atoms with van der Waals surface area (Å²) in [6.07, 6.45) is 3.22. The van der Waals surface area contributed by atoms with Crippen LogP contribution in [0.1, 0.15) is 27.8 Å². The van der Waals surface area contributed by atoms with Crippen LogP contribution in [0.4, 0.5) is 8.78 Å². The predicted octanol–water partition coefficient (Wildman–Crippen LogP) is 3.87. The van der Waals surface area contributed by atoms with E-state index in [2.05, 4.69) is 10.3 Å². The third-order valence-electron chi connectivity index (χ3n) is 3.78. The summed E-state index contributed by atoms with van der Waals surface area (Å²) in [5.41, 5.74) is 0.0551. The lowest BCUT2D eigenvalue weighted by atomic mass is 10.0. The minimum Gasteiger partial charge on any atom is -0.338 e. The van der Waals surface area contributed by atoms with Gasteiger partial charge < -0.3 is 9.88 Å². The molecule has 0 fully saturated rings. The Hall–Kier alpha value is -2.73. The highest BCUT2D eigenvalue weighted by molar-refractivity contribution is 6.30. The van der Waals surface area contributed by atoms with Gasteiger partial charge in [0, 0.05) is 30.0 Å². The highest BCUT2D eigenvalue weighted by Gasteiger charge is 2.25. The molecule has 7 heteroatoms. The van der Waals surface area contributed by atoms with Crippen molar-refractivity contribution in [3.05, 3.63) is 88.5 Å². The average Bonchev–Trinajstić information content (AvgIpc) is 2.99. The second-order valence-corrected chi connectivity index (χ2v) is 5.88. The molecule has 0 spiro atoms. The Kier molecular flexibility index (Phi) is 4.81. The Bertz CT molecular complexity index is 926. The van der Waals surface area contributed by atoms with E-state index in [1.54, 1.807) is 36.0 Å². The fourth-order valence-electron chi connectivity index (χ4n) is 2.53. The van der Waals surface area contributed by atoms with Crippen molar-refractivity contribution in [2.24, 2.45) is 7.05 Å². The van der Waals surface area contributed by atoms with E-state index in [-0.39, 0.29) is 16.1 Å². The molecule has 1 unspecified atom stereocenters. The van der Waals surface area contributed by atoms with Crippen molar-refractivity contribution in [3.8, 4) is 0 Å². The number of carbonyl (C=O) groups excluding carboxylic acids is 1. The number of nitrogens with one attached hydrogen (secondary N) is 1. The molecular weight excluding hydrogens is 348 g/mol. The Labute approximate surface area is 148 Å². The number of carbonyl (C=O) groups is 1. The van der Waals surface area contributed by atoms with Gasteiger partial charge in [0.2, 0.25) is 0 Å². The monoisotopic (exact) mass is 361 g/mol. The van der Waals surface area contributed by atoms with Gasteiger partial charge in [-0.15, -0.1) is 0 Å². The van der Waals surface area contributed by atoms with E-state index in [4.69, 9.17) is 11.6 Å². The summed E-state index contributed by atoms with van der Waals surface area (Å²) in [6, 6.07) is 8.92. The molecule has 25 heavy (non-hydrogen) atoms. The maximum Gasteiger partial charge on any atom is 0.255 e. The number of amides is 1. The quantitative estimate of drug-likeness (QED) is 0.766. The van der Waals surface area contributed by atoms with Crippen molar-refractivity contribution in [1.29, 1.82) is 0 Å². The van der Waals surface area contributed by atoms with Crippen molar-refractivity contribution in [2.45, 2.75) is 6.04 Å². The van der Waals surface area contributed by atoms with Crippen LogP contribution in [-0.2, 0) is 7.05 Å². The van der Waals surface area contributed by atoms with Gasteiger partial charge in [0.05, 0.1) is 5.56 Å². The first kappa shape index (κ1) is 17.1. The zero-order chi connectivity index (χ0) is 18.0. The second kappa shape index (κ2) is 7.03. The first-order valence-corrected chi connectivity index (χ1v) is 7.82. The van der Waals surface area contributed by atoms with E-state index in [0.717, 1.165) is 6.07 Å². The van der Waals surface area contributed by atoms with Gasteiger partial charge in [-0.2, -0.15) is 0 Å². The van der Waals surface area contributed by atoms with Crippen LogP contribution >= 0.6 is 11.6 Å². The maximum absolute atomic E-state index is 14.3. The van der Waals surface area contributed by atoms with E-state index in [9.17, 15) is 13.6 Å². The van der Waals surface area contributed by atoms with Gasteiger partial charge in [0.25, 0.3) is 5.91 Å². The standard InChI is InChI=1S/C18H14ClF2N3O/c1-24-9-8-22-17(24)16(12-4-2-3-5-14(12)20)23-18(25)13-7-6-11(19)10-15(13)21/h2-10,16H,1H3,(H,23,25). The third kappa shape index (κ3) is 3.53. The molecule has 2 aromatic carbocycles. The highest BCUT2D eigenvalue weighted by atomic mass is 35.5. The van der Waals surface area contributed by atoms with E-state index >= 15 is 0 Å². The van der Waals surface area contributed by atoms with E-state index < -0.39 is 23.6 Å². The molecule has 3 rings (SSSR count). The van der Waals surface area contributed by atoms with Gasteiger partial charge in [0.1, 0.15) is 23.5 Å². The first-order chi connectivity index (χ1) is 12.0.